The number of carbonyl (C=O) groups is 2. The minimum Gasteiger partial charge on any atom is -0.342 e. The molecule has 0 aromatic heterocycles. The number of halogens is 1. The highest BCUT2D eigenvalue weighted by molar-refractivity contribution is 6.30. The number of amides is 2. The van der Waals surface area contributed by atoms with E-state index in [1.54, 1.807) is 0 Å². The third kappa shape index (κ3) is 6.12. The summed E-state index contributed by atoms with van der Waals surface area (Å²) in [5.41, 5.74) is 5.02. The molecule has 0 bridgehead atoms. The molecule has 1 spiro atoms. The number of carbonyl (C=O) groups excluding carboxylic acids is 2. The Hall–Kier alpha value is -3.41. The molecule has 2 amide bonds. The van der Waals surface area contributed by atoms with Gasteiger partial charge in [0.15, 0.2) is 0 Å². The van der Waals surface area contributed by atoms with Gasteiger partial charge in [-0.15, -0.1) is 0 Å². The van der Waals surface area contributed by atoms with Crippen molar-refractivity contribution in [3.8, 4) is 0 Å². The van der Waals surface area contributed by atoms with E-state index < -0.39 is 0 Å². The molecule has 5 nitrogen and oxygen atoms in total. The van der Waals surface area contributed by atoms with Crippen LogP contribution in [0.4, 0.5) is 5.69 Å². The van der Waals surface area contributed by atoms with E-state index in [4.69, 9.17) is 11.6 Å². The zero-order valence-electron chi connectivity index (χ0n) is 23.6. The Bertz CT molecular complexity index is 1410. The third-order valence-corrected chi connectivity index (χ3v) is 9.38. The lowest BCUT2D eigenvalue weighted by atomic mass is 9.74. The van der Waals surface area contributed by atoms with Gasteiger partial charge in [-0.1, -0.05) is 84.4 Å². The van der Waals surface area contributed by atoms with E-state index in [9.17, 15) is 9.59 Å². The molecule has 3 aromatic carbocycles. The SMILES string of the molecule is O=C1CC(C(=O)N(CCCN2CCC3(C=Cc4ccccc43)CC2)c2cccc(Cl)c2)CN1CCc1ccccc1. The summed E-state index contributed by atoms with van der Waals surface area (Å²) in [4.78, 5) is 33.0. The van der Waals surface area contributed by atoms with Crippen molar-refractivity contribution in [2.45, 2.75) is 37.5 Å². The minimum atomic E-state index is -0.332. The first-order chi connectivity index (χ1) is 20.0. The fraction of sp³-hybridized carbons (Fsp3) is 0.371. The van der Waals surface area contributed by atoms with Crippen LogP contribution in [0.5, 0.6) is 0 Å². The Balaban J connectivity index is 1.06. The molecule has 41 heavy (non-hydrogen) atoms. The van der Waals surface area contributed by atoms with Gasteiger partial charge < -0.3 is 14.7 Å². The predicted octanol–water partition coefficient (Wildman–Crippen LogP) is 6.21. The minimum absolute atomic E-state index is 0.0214. The highest BCUT2D eigenvalue weighted by Crippen LogP contribution is 2.43. The van der Waals surface area contributed by atoms with E-state index in [1.807, 2.05) is 52.3 Å². The molecule has 1 atom stereocenters. The number of hydrogen-bond donors (Lipinski definition) is 0. The maximum absolute atomic E-state index is 13.9. The van der Waals surface area contributed by atoms with Gasteiger partial charge in [-0.25, -0.2) is 0 Å². The van der Waals surface area contributed by atoms with Crippen LogP contribution in [0.1, 0.15) is 42.4 Å². The van der Waals surface area contributed by atoms with Crippen LogP contribution in [0.25, 0.3) is 6.08 Å². The first kappa shape index (κ1) is 27.7. The molecular formula is C35H38ClN3O2. The molecular weight excluding hydrogens is 530 g/mol. The number of allylic oxidation sites excluding steroid dienone is 1. The topological polar surface area (TPSA) is 43.9 Å². The molecule has 2 aliphatic heterocycles. The maximum atomic E-state index is 13.9. The van der Waals surface area contributed by atoms with Crippen molar-refractivity contribution in [3.63, 3.8) is 0 Å². The molecule has 0 saturated carbocycles. The highest BCUT2D eigenvalue weighted by atomic mass is 35.5. The number of piperidine rings is 1. The monoisotopic (exact) mass is 567 g/mol. The van der Waals surface area contributed by atoms with Crippen molar-refractivity contribution in [2.75, 3.05) is 44.2 Å². The van der Waals surface area contributed by atoms with E-state index in [0.717, 1.165) is 51.0 Å². The van der Waals surface area contributed by atoms with Crippen LogP contribution in [-0.4, -0.2) is 60.9 Å². The normalized spacial score (nSPS) is 19.6. The number of hydrogen-bond acceptors (Lipinski definition) is 3. The lowest BCUT2D eigenvalue weighted by Gasteiger charge is -2.39. The van der Waals surface area contributed by atoms with Gasteiger partial charge >= 0.3 is 0 Å². The van der Waals surface area contributed by atoms with E-state index in [1.165, 1.54) is 16.7 Å². The van der Waals surface area contributed by atoms with Crippen molar-refractivity contribution in [1.29, 1.82) is 0 Å². The molecule has 1 aliphatic carbocycles. The summed E-state index contributed by atoms with van der Waals surface area (Å²) in [5.74, 6) is -0.246. The lowest BCUT2D eigenvalue weighted by molar-refractivity contribution is -0.128. The number of likely N-dealkylation sites (tertiary alicyclic amines) is 2. The van der Waals surface area contributed by atoms with Crippen molar-refractivity contribution in [2.24, 2.45) is 5.92 Å². The van der Waals surface area contributed by atoms with Crippen LogP contribution in [-0.2, 0) is 21.4 Å². The molecule has 0 radical (unpaired) electrons. The van der Waals surface area contributed by atoms with Gasteiger partial charge in [-0.05, 0) is 80.2 Å². The summed E-state index contributed by atoms with van der Waals surface area (Å²) >= 11 is 6.34. The molecule has 3 aliphatic rings. The van der Waals surface area contributed by atoms with Crippen molar-refractivity contribution in [3.05, 3.63) is 107 Å². The average molecular weight is 568 g/mol. The van der Waals surface area contributed by atoms with Gasteiger partial charge in [0.1, 0.15) is 0 Å². The van der Waals surface area contributed by atoms with Crippen molar-refractivity contribution in [1.82, 2.24) is 9.80 Å². The molecule has 0 N–H and O–H groups in total. The Labute approximate surface area is 248 Å². The summed E-state index contributed by atoms with van der Waals surface area (Å²) in [5, 5.41) is 0.610. The average Bonchev–Trinajstić information content (AvgIpc) is 3.56. The van der Waals surface area contributed by atoms with Gasteiger partial charge in [-0.2, -0.15) is 0 Å². The number of rotatable bonds is 9. The lowest BCUT2D eigenvalue weighted by Crippen LogP contribution is -2.43. The van der Waals surface area contributed by atoms with E-state index in [0.29, 0.717) is 24.7 Å². The molecule has 2 fully saturated rings. The van der Waals surface area contributed by atoms with Crippen LogP contribution in [0.15, 0.2) is 84.9 Å². The van der Waals surface area contributed by atoms with Crippen molar-refractivity contribution < 1.29 is 9.59 Å². The van der Waals surface area contributed by atoms with Crippen molar-refractivity contribution >= 4 is 35.2 Å². The van der Waals surface area contributed by atoms with Crippen LogP contribution in [0.2, 0.25) is 5.02 Å². The summed E-state index contributed by atoms with van der Waals surface area (Å²) in [6.07, 6.45) is 8.89. The largest absolute Gasteiger partial charge is 0.342 e. The Kier molecular flexibility index (Phi) is 8.27. The van der Waals surface area contributed by atoms with Gasteiger partial charge in [0.05, 0.1) is 5.92 Å². The zero-order chi connectivity index (χ0) is 28.2. The molecule has 212 valence electrons. The number of fused-ring (bicyclic) bond motifs is 2. The van der Waals surface area contributed by atoms with Crippen LogP contribution >= 0.6 is 11.6 Å². The van der Waals surface area contributed by atoms with E-state index in [2.05, 4.69) is 53.5 Å². The standard InChI is InChI=1S/C35H38ClN3O2/c36-30-11-6-12-31(25-30)39(34(41)29-24-33(40)38(26-29)21-15-27-8-2-1-3-9-27)20-7-19-37-22-17-35(18-23-37)16-14-28-10-4-5-13-32(28)35/h1-6,8-14,16,25,29H,7,15,17-24,26H2. The molecule has 6 rings (SSSR count). The second-order valence-corrected chi connectivity index (χ2v) is 12.2. The van der Waals surface area contributed by atoms with E-state index in [-0.39, 0.29) is 29.6 Å². The number of anilines is 1. The Morgan fingerprint density at radius 2 is 1.73 bits per heavy atom. The fourth-order valence-electron chi connectivity index (χ4n) is 6.79. The summed E-state index contributed by atoms with van der Waals surface area (Å²) < 4.78 is 0. The summed E-state index contributed by atoms with van der Waals surface area (Å²) in [6.45, 7) is 4.77. The molecule has 6 heteroatoms. The van der Waals surface area contributed by atoms with Gasteiger partial charge in [0, 0.05) is 42.2 Å². The Morgan fingerprint density at radius 3 is 2.54 bits per heavy atom. The van der Waals surface area contributed by atoms with Crippen LogP contribution in [0.3, 0.4) is 0 Å². The second-order valence-electron chi connectivity index (χ2n) is 11.7. The van der Waals surface area contributed by atoms with Gasteiger partial charge in [-0.3, -0.25) is 9.59 Å². The predicted molar refractivity (Wildman–Crippen MR) is 166 cm³/mol. The van der Waals surface area contributed by atoms with Crippen LogP contribution < -0.4 is 4.90 Å². The highest BCUT2D eigenvalue weighted by Gasteiger charge is 2.38. The molecule has 2 saturated heterocycles. The molecule has 2 heterocycles. The molecule has 3 aromatic rings. The maximum Gasteiger partial charge on any atom is 0.232 e. The van der Waals surface area contributed by atoms with Gasteiger partial charge in [0.25, 0.3) is 0 Å². The quantitative estimate of drug-likeness (QED) is 0.308. The smallest absolute Gasteiger partial charge is 0.232 e. The third-order valence-electron chi connectivity index (χ3n) is 9.15. The van der Waals surface area contributed by atoms with Gasteiger partial charge in [0.2, 0.25) is 11.8 Å². The van der Waals surface area contributed by atoms with E-state index >= 15 is 0 Å². The first-order valence-corrected chi connectivity index (χ1v) is 15.3. The summed E-state index contributed by atoms with van der Waals surface area (Å²) in [7, 11) is 0. The fourth-order valence-corrected chi connectivity index (χ4v) is 6.98. The zero-order valence-corrected chi connectivity index (χ0v) is 24.3. The Morgan fingerprint density at radius 1 is 0.951 bits per heavy atom. The second kappa shape index (κ2) is 12.2. The molecule has 1 unspecified atom stereocenters. The first-order valence-electron chi connectivity index (χ1n) is 14.9. The summed E-state index contributed by atoms with van der Waals surface area (Å²) in [6, 6.07) is 26.5. The van der Waals surface area contributed by atoms with Crippen LogP contribution in [0, 0.1) is 5.92 Å². The number of nitrogens with zero attached hydrogens (tertiary/aromatic N) is 3. The number of benzene rings is 3.